The van der Waals surface area contributed by atoms with Gasteiger partial charge < -0.3 is 19.9 Å². The maximum atomic E-state index is 6.07. The number of nitrogens with zero attached hydrogens (tertiary/aromatic N) is 4. The van der Waals surface area contributed by atoms with Crippen LogP contribution in [0.4, 0.5) is 0 Å². The number of imidazole rings is 1. The van der Waals surface area contributed by atoms with E-state index in [1.807, 2.05) is 0 Å². The quantitative estimate of drug-likeness (QED) is 0.640. The summed E-state index contributed by atoms with van der Waals surface area (Å²) in [4.78, 5) is 11.2. The van der Waals surface area contributed by atoms with Gasteiger partial charge in [-0.25, -0.2) is 9.98 Å². The molecule has 1 unspecified atom stereocenters. The second-order valence-corrected chi connectivity index (χ2v) is 5.60. The number of guanidine groups is 1. The second-order valence-electron chi connectivity index (χ2n) is 5.60. The second kappa shape index (κ2) is 5.83. The Hall–Kier alpha value is -1.56. The lowest BCUT2D eigenvalue weighted by Crippen LogP contribution is -2.47. The summed E-state index contributed by atoms with van der Waals surface area (Å²) >= 11 is 0. The zero-order chi connectivity index (χ0) is 13.9. The number of fused-ring (bicyclic) bond motifs is 1. The van der Waals surface area contributed by atoms with E-state index in [1.54, 1.807) is 0 Å². The van der Waals surface area contributed by atoms with Gasteiger partial charge in [0.05, 0.1) is 24.9 Å². The van der Waals surface area contributed by atoms with Crippen molar-refractivity contribution in [2.24, 2.45) is 10.7 Å². The Morgan fingerprint density at radius 2 is 2.40 bits per heavy atom. The minimum atomic E-state index is 0.220. The van der Waals surface area contributed by atoms with Crippen LogP contribution >= 0.6 is 0 Å². The van der Waals surface area contributed by atoms with E-state index in [0.29, 0.717) is 12.5 Å². The molecule has 2 aliphatic heterocycles. The van der Waals surface area contributed by atoms with Crippen molar-refractivity contribution in [1.82, 2.24) is 14.5 Å². The maximum Gasteiger partial charge on any atom is 0.191 e. The SMILES string of the molecule is CC1CN(C(N)=NCc2cn3c(n2)CCCC3)CCO1. The topological polar surface area (TPSA) is 68.7 Å². The molecule has 0 saturated carbocycles. The fourth-order valence-corrected chi connectivity index (χ4v) is 2.84. The Morgan fingerprint density at radius 3 is 3.20 bits per heavy atom. The molecule has 3 rings (SSSR count). The Bertz CT molecular complexity index is 472. The Kier molecular flexibility index (Phi) is 3.91. The summed E-state index contributed by atoms with van der Waals surface area (Å²) in [7, 11) is 0. The molecule has 0 aliphatic carbocycles. The molecule has 0 bridgehead atoms. The van der Waals surface area contributed by atoms with Crippen LogP contribution in [0.3, 0.4) is 0 Å². The van der Waals surface area contributed by atoms with Crippen molar-refractivity contribution in [2.45, 2.75) is 45.4 Å². The van der Waals surface area contributed by atoms with Crippen LogP contribution < -0.4 is 5.73 Å². The first-order valence-corrected chi connectivity index (χ1v) is 7.44. The molecular weight excluding hydrogens is 254 g/mol. The van der Waals surface area contributed by atoms with Gasteiger partial charge in [0.15, 0.2) is 5.96 Å². The van der Waals surface area contributed by atoms with Crippen molar-refractivity contribution in [2.75, 3.05) is 19.7 Å². The van der Waals surface area contributed by atoms with E-state index in [2.05, 4.69) is 32.6 Å². The molecule has 0 spiro atoms. The molecule has 1 aromatic heterocycles. The summed E-state index contributed by atoms with van der Waals surface area (Å²) in [6, 6.07) is 0. The number of aryl methyl sites for hydroxylation is 2. The first kappa shape index (κ1) is 13.4. The zero-order valence-electron chi connectivity index (χ0n) is 12.1. The van der Waals surface area contributed by atoms with Crippen LogP contribution in [0.25, 0.3) is 0 Å². The fraction of sp³-hybridized carbons (Fsp3) is 0.714. The van der Waals surface area contributed by atoms with E-state index >= 15 is 0 Å². The highest BCUT2D eigenvalue weighted by atomic mass is 16.5. The maximum absolute atomic E-state index is 6.07. The standard InChI is InChI=1S/C14H23N5O/c1-11-9-19(6-7-20-11)14(15)16-8-12-10-18-5-3-2-4-13(18)17-12/h10-11H,2-9H2,1H3,(H2,15,16). The predicted octanol–water partition coefficient (Wildman–Crippen LogP) is 0.755. The molecule has 20 heavy (non-hydrogen) atoms. The van der Waals surface area contributed by atoms with Crippen LogP contribution in [0.1, 0.15) is 31.3 Å². The molecule has 2 N–H and O–H groups in total. The molecule has 2 aliphatic rings. The minimum Gasteiger partial charge on any atom is -0.375 e. The molecule has 6 heteroatoms. The molecule has 0 aromatic carbocycles. The number of rotatable bonds is 2. The Morgan fingerprint density at radius 1 is 1.50 bits per heavy atom. The van der Waals surface area contributed by atoms with Crippen molar-refractivity contribution >= 4 is 5.96 Å². The van der Waals surface area contributed by atoms with Crippen LogP contribution in [0, 0.1) is 0 Å². The lowest BCUT2D eigenvalue weighted by Gasteiger charge is -2.31. The highest BCUT2D eigenvalue weighted by Gasteiger charge is 2.18. The monoisotopic (exact) mass is 277 g/mol. The average molecular weight is 277 g/mol. The summed E-state index contributed by atoms with van der Waals surface area (Å²) in [5.74, 6) is 1.80. The van der Waals surface area contributed by atoms with Gasteiger partial charge in [-0.2, -0.15) is 0 Å². The average Bonchev–Trinajstić information content (AvgIpc) is 2.87. The summed E-state index contributed by atoms with van der Waals surface area (Å²) in [6.07, 6.45) is 5.92. The van der Waals surface area contributed by atoms with Gasteiger partial charge in [0.1, 0.15) is 5.82 Å². The molecule has 0 amide bonds. The number of hydrogen-bond donors (Lipinski definition) is 1. The third-order valence-corrected chi connectivity index (χ3v) is 3.93. The van der Waals surface area contributed by atoms with E-state index in [1.165, 1.54) is 18.7 Å². The number of aliphatic imine (C=N–C) groups is 1. The van der Waals surface area contributed by atoms with Gasteiger partial charge >= 0.3 is 0 Å². The summed E-state index contributed by atoms with van der Waals surface area (Å²) in [5, 5.41) is 0. The molecular formula is C14H23N5O. The minimum absolute atomic E-state index is 0.220. The van der Waals surface area contributed by atoms with Gasteiger partial charge in [-0.15, -0.1) is 0 Å². The van der Waals surface area contributed by atoms with Crippen LogP contribution in [-0.4, -0.2) is 46.2 Å². The van der Waals surface area contributed by atoms with Crippen molar-refractivity contribution in [3.05, 3.63) is 17.7 Å². The van der Waals surface area contributed by atoms with Gasteiger partial charge in [0, 0.05) is 32.3 Å². The van der Waals surface area contributed by atoms with Gasteiger partial charge in [0.25, 0.3) is 0 Å². The zero-order valence-corrected chi connectivity index (χ0v) is 12.1. The van der Waals surface area contributed by atoms with Crippen LogP contribution in [0.15, 0.2) is 11.2 Å². The van der Waals surface area contributed by atoms with Crippen molar-refractivity contribution in [3.8, 4) is 0 Å². The largest absolute Gasteiger partial charge is 0.375 e. The Balaban J connectivity index is 1.62. The first-order valence-electron chi connectivity index (χ1n) is 7.44. The third kappa shape index (κ3) is 2.95. The normalized spacial score (nSPS) is 23.8. The van der Waals surface area contributed by atoms with E-state index in [0.717, 1.165) is 38.4 Å². The first-order chi connectivity index (χ1) is 9.72. The number of aromatic nitrogens is 2. The van der Waals surface area contributed by atoms with Crippen LogP contribution in [0.2, 0.25) is 0 Å². The van der Waals surface area contributed by atoms with E-state index in [4.69, 9.17) is 10.5 Å². The fourth-order valence-electron chi connectivity index (χ4n) is 2.84. The number of morpholine rings is 1. The van der Waals surface area contributed by atoms with Crippen molar-refractivity contribution in [3.63, 3.8) is 0 Å². The number of hydrogen-bond acceptors (Lipinski definition) is 3. The summed E-state index contributed by atoms with van der Waals surface area (Å²) in [6.45, 7) is 6.06. The predicted molar refractivity (Wildman–Crippen MR) is 77.5 cm³/mol. The van der Waals surface area contributed by atoms with Crippen LogP contribution in [-0.2, 0) is 24.2 Å². The smallest absolute Gasteiger partial charge is 0.191 e. The summed E-state index contributed by atoms with van der Waals surface area (Å²) < 4.78 is 7.76. The van der Waals surface area contributed by atoms with Crippen molar-refractivity contribution < 1.29 is 4.74 Å². The molecule has 0 radical (unpaired) electrons. The van der Waals surface area contributed by atoms with Gasteiger partial charge in [0.2, 0.25) is 0 Å². The molecule has 1 atom stereocenters. The summed E-state index contributed by atoms with van der Waals surface area (Å²) in [5.41, 5.74) is 7.09. The molecule has 3 heterocycles. The lowest BCUT2D eigenvalue weighted by molar-refractivity contribution is 0.00528. The molecule has 1 aromatic rings. The molecule has 1 saturated heterocycles. The molecule has 1 fully saturated rings. The molecule has 110 valence electrons. The van der Waals surface area contributed by atoms with Gasteiger partial charge in [-0.3, -0.25) is 0 Å². The Labute approximate surface area is 119 Å². The van der Waals surface area contributed by atoms with Crippen LogP contribution in [0.5, 0.6) is 0 Å². The highest BCUT2D eigenvalue weighted by molar-refractivity contribution is 5.78. The van der Waals surface area contributed by atoms with Gasteiger partial charge in [-0.1, -0.05) is 0 Å². The third-order valence-electron chi connectivity index (χ3n) is 3.93. The van der Waals surface area contributed by atoms with E-state index < -0.39 is 0 Å². The number of ether oxygens (including phenoxy) is 1. The molecule has 6 nitrogen and oxygen atoms in total. The van der Waals surface area contributed by atoms with E-state index in [9.17, 15) is 0 Å². The lowest BCUT2D eigenvalue weighted by atomic mass is 10.2. The van der Waals surface area contributed by atoms with Crippen molar-refractivity contribution in [1.29, 1.82) is 0 Å². The van der Waals surface area contributed by atoms with Gasteiger partial charge in [-0.05, 0) is 19.8 Å². The number of nitrogens with two attached hydrogens (primary N) is 1. The highest BCUT2D eigenvalue weighted by Crippen LogP contribution is 2.15. The van der Waals surface area contributed by atoms with E-state index in [-0.39, 0.29) is 6.10 Å².